The van der Waals surface area contributed by atoms with E-state index in [9.17, 15) is 17.6 Å². The van der Waals surface area contributed by atoms with Gasteiger partial charge in [-0.3, -0.25) is 4.79 Å². The third-order valence-electron chi connectivity index (χ3n) is 4.56. The quantitative estimate of drug-likeness (QED) is 0.760. The number of oxazole rings is 1. The molecular weight excluding hydrogens is 371 g/mol. The van der Waals surface area contributed by atoms with Gasteiger partial charge in [0.25, 0.3) is 0 Å². The van der Waals surface area contributed by atoms with Crippen molar-refractivity contribution >= 4 is 15.7 Å². The van der Waals surface area contributed by atoms with Crippen LogP contribution in [-0.2, 0) is 20.4 Å². The summed E-state index contributed by atoms with van der Waals surface area (Å²) in [5.74, 6) is -1.75. The first-order chi connectivity index (χ1) is 12.9. The Kier molecular flexibility index (Phi) is 6.26. The van der Waals surface area contributed by atoms with Crippen LogP contribution in [0.1, 0.15) is 44.2 Å². The molecule has 0 bridgehead atoms. The van der Waals surface area contributed by atoms with Crippen LogP contribution in [0.15, 0.2) is 34.9 Å². The van der Waals surface area contributed by atoms with E-state index in [1.165, 1.54) is 24.5 Å². The molecule has 0 atom stereocenters. The second-order valence-corrected chi connectivity index (χ2v) is 9.01. The molecule has 0 aliphatic heterocycles. The highest BCUT2D eigenvalue weighted by Gasteiger charge is 2.22. The number of amides is 1. The van der Waals surface area contributed by atoms with Crippen LogP contribution in [-0.4, -0.2) is 31.1 Å². The van der Waals surface area contributed by atoms with Gasteiger partial charge in [0, 0.05) is 11.6 Å². The Morgan fingerprint density at radius 3 is 2.67 bits per heavy atom. The summed E-state index contributed by atoms with van der Waals surface area (Å²) in [5, 5.41) is 2.83. The highest BCUT2D eigenvalue weighted by Crippen LogP contribution is 2.21. The fraction of sp³-hybridized carbons (Fsp3) is 0.474. The lowest BCUT2D eigenvalue weighted by Crippen LogP contribution is -2.38. The third kappa shape index (κ3) is 5.89. The van der Waals surface area contributed by atoms with Crippen molar-refractivity contribution in [2.75, 3.05) is 5.75 Å². The fourth-order valence-corrected chi connectivity index (χ4v) is 4.46. The van der Waals surface area contributed by atoms with Gasteiger partial charge in [0.15, 0.2) is 9.84 Å². The van der Waals surface area contributed by atoms with Crippen LogP contribution in [0.25, 0.3) is 11.5 Å². The average Bonchev–Trinajstić information content (AvgIpc) is 2.89. The molecule has 3 rings (SSSR count). The minimum Gasteiger partial charge on any atom is -0.444 e. The normalized spacial score (nSPS) is 16.0. The van der Waals surface area contributed by atoms with E-state index in [1.54, 1.807) is 6.07 Å². The van der Waals surface area contributed by atoms with Gasteiger partial charge >= 0.3 is 0 Å². The van der Waals surface area contributed by atoms with E-state index in [1.807, 2.05) is 0 Å². The number of carbonyl (C=O) groups excluding carboxylic acids is 1. The van der Waals surface area contributed by atoms with Crippen LogP contribution in [0.5, 0.6) is 0 Å². The monoisotopic (exact) mass is 394 g/mol. The molecule has 1 saturated carbocycles. The van der Waals surface area contributed by atoms with E-state index in [4.69, 9.17) is 4.42 Å². The van der Waals surface area contributed by atoms with Gasteiger partial charge < -0.3 is 9.73 Å². The third-order valence-corrected chi connectivity index (χ3v) is 6.00. The van der Waals surface area contributed by atoms with E-state index in [0.29, 0.717) is 5.56 Å². The smallest absolute Gasteiger partial charge is 0.235 e. The molecule has 0 saturated heterocycles. The van der Waals surface area contributed by atoms with Crippen molar-refractivity contribution in [3.05, 3.63) is 42.0 Å². The van der Waals surface area contributed by atoms with Crippen LogP contribution in [0.3, 0.4) is 0 Å². The molecule has 1 aliphatic rings. The molecule has 0 unspecified atom stereocenters. The lowest BCUT2D eigenvalue weighted by Gasteiger charge is -2.16. The van der Waals surface area contributed by atoms with Gasteiger partial charge in [0.2, 0.25) is 11.8 Å². The van der Waals surface area contributed by atoms with E-state index in [-0.39, 0.29) is 17.6 Å². The largest absolute Gasteiger partial charge is 0.444 e. The first kappa shape index (κ1) is 19.5. The maximum absolute atomic E-state index is 13.3. The van der Waals surface area contributed by atoms with E-state index in [0.717, 1.165) is 38.5 Å². The molecule has 1 heterocycles. The number of carbonyl (C=O) groups is 1. The standard InChI is InChI=1S/C19H23FN2O4S/c20-15-7-5-6-14(10-15)19-22-17(11-26-19)12-27(24,25)13-18(23)21-16-8-3-1-2-4-9-16/h5-7,10-11,16H,1-4,8-9,12-13H2,(H,21,23). The molecule has 6 nitrogen and oxygen atoms in total. The second-order valence-electron chi connectivity index (χ2n) is 6.94. The molecule has 2 aromatic rings. The fourth-order valence-electron chi connectivity index (χ4n) is 3.30. The lowest BCUT2D eigenvalue weighted by molar-refractivity contribution is -0.119. The van der Waals surface area contributed by atoms with Crippen LogP contribution < -0.4 is 5.32 Å². The number of rotatable bonds is 6. The molecule has 0 radical (unpaired) electrons. The number of hydrogen-bond donors (Lipinski definition) is 1. The van der Waals surface area contributed by atoms with Gasteiger partial charge in [-0.15, -0.1) is 0 Å². The number of nitrogens with zero attached hydrogens (tertiary/aromatic N) is 1. The number of benzene rings is 1. The van der Waals surface area contributed by atoms with Crippen LogP contribution in [0.4, 0.5) is 4.39 Å². The number of sulfone groups is 1. The molecule has 1 aromatic carbocycles. The molecule has 1 N–H and O–H groups in total. The predicted octanol–water partition coefficient (Wildman–Crippen LogP) is 3.23. The van der Waals surface area contributed by atoms with Crippen LogP contribution in [0.2, 0.25) is 0 Å². The van der Waals surface area contributed by atoms with E-state index >= 15 is 0 Å². The Balaban J connectivity index is 1.58. The van der Waals surface area contributed by atoms with Crippen molar-refractivity contribution in [3.63, 3.8) is 0 Å². The van der Waals surface area contributed by atoms with Crippen molar-refractivity contribution < 1.29 is 22.0 Å². The first-order valence-electron chi connectivity index (χ1n) is 9.11. The van der Waals surface area contributed by atoms with Crippen LogP contribution in [0, 0.1) is 5.82 Å². The predicted molar refractivity (Wildman–Crippen MR) is 99.0 cm³/mol. The number of aromatic nitrogens is 1. The molecule has 27 heavy (non-hydrogen) atoms. The maximum atomic E-state index is 13.3. The summed E-state index contributed by atoms with van der Waals surface area (Å²) in [7, 11) is -3.68. The number of hydrogen-bond acceptors (Lipinski definition) is 5. The topological polar surface area (TPSA) is 89.3 Å². The Morgan fingerprint density at radius 1 is 1.22 bits per heavy atom. The van der Waals surface area contributed by atoms with Crippen LogP contribution >= 0.6 is 0 Å². The molecular formula is C19H23FN2O4S. The van der Waals surface area contributed by atoms with Gasteiger partial charge in [0.1, 0.15) is 17.8 Å². The lowest BCUT2D eigenvalue weighted by atomic mass is 10.1. The molecule has 146 valence electrons. The summed E-state index contributed by atoms with van der Waals surface area (Å²) >= 11 is 0. The van der Waals surface area contributed by atoms with Crippen molar-refractivity contribution in [2.45, 2.75) is 50.3 Å². The zero-order valence-electron chi connectivity index (χ0n) is 15.0. The van der Waals surface area contributed by atoms with Crippen molar-refractivity contribution in [2.24, 2.45) is 0 Å². The minimum atomic E-state index is -3.68. The summed E-state index contributed by atoms with van der Waals surface area (Å²) in [6, 6.07) is 5.74. The Bertz CT molecular complexity index is 887. The zero-order valence-corrected chi connectivity index (χ0v) is 15.8. The summed E-state index contributed by atoms with van der Waals surface area (Å²) < 4.78 is 43.2. The highest BCUT2D eigenvalue weighted by molar-refractivity contribution is 7.91. The summed E-state index contributed by atoms with van der Waals surface area (Å²) in [6.07, 6.45) is 7.44. The molecule has 1 aromatic heterocycles. The van der Waals surface area contributed by atoms with Gasteiger partial charge in [-0.25, -0.2) is 17.8 Å². The van der Waals surface area contributed by atoms with E-state index < -0.39 is 33.1 Å². The Morgan fingerprint density at radius 2 is 1.96 bits per heavy atom. The molecule has 1 aliphatic carbocycles. The van der Waals surface area contributed by atoms with Crippen molar-refractivity contribution in [3.8, 4) is 11.5 Å². The minimum absolute atomic E-state index is 0.0572. The Labute approximate surface area is 158 Å². The van der Waals surface area contributed by atoms with Gasteiger partial charge in [-0.2, -0.15) is 0 Å². The average molecular weight is 394 g/mol. The highest BCUT2D eigenvalue weighted by atomic mass is 32.2. The summed E-state index contributed by atoms with van der Waals surface area (Å²) in [6.45, 7) is 0. The van der Waals surface area contributed by atoms with Gasteiger partial charge in [-0.1, -0.05) is 31.7 Å². The maximum Gasteiger partial charge on any atom is 0.235 e. The zero-order chi connectivity index (χ0) is 19.3. The molecule has 1 amide bonds. The van der Waals surface area contributed by atoms with Crippen molar-refractivity contribution in [1.29, 1.82) is 0 Å². The summed E-state index contributed by atoms with van der Waals surface area (Å²) in [4.78, 5) is 16.2. The second kappa shape index (κ2) is 8.65. The molecule has 1 fully saturated rings. The van der Waals surface area contributed by atoms with E-state index in [2.05, 4.69) is 10.3 Å². The first-order valence-corrected chi connectivity index (χ1v) is 10.9. The van der Waals surface area contributed by atoms with Gasteiger partial charge in [-0.05, 0) is 31.0 Å². The summed E-state index contributed by atoms with van der Waals surface area (Å²) in [5.41, 5.74) is 0.612. The number of nitrogens with one attached hydrogen (secondary N) is 1. The molecule has 0 spiro atoms. The molecule has 8 heteroatoms. The Hall–Kier alpha value is -2.22. The van der Waals surface area contributed by atoms with Gasteiger partial charge in [0.05, 0.1) is 11.4 Å². The number of halogens is 1. The van der Waals surface area contributed by atoms with Crippen molar-refractivity contribution in [1.82, 2.24) is 10.3 Å². The SMILES string of the molecule is O=C(CS(=O)(=O)Cc1coc(-c2cccc(F)c2)n1)NC1CCCCCC1.